The van der Waals surface area contributed by atoms with Gasteiger partial charge in [0.15, 0.2) is 6.29 Å². The number of methoxy groups -OCH3 is 2. The first-order valence-corrected chi connectivity index (χ1v) is 12.5. The number of carbonyl (C=O) groups is 1. The second kappa shape index (κ2) is 11.8. The SMILES string of the molecule is CO[C@]12CCCC[C@]1(OC)O[C@H]1[C@H](O2)[C@H](OCc2ccccc2)[C@@H](OCC(=O)O)O[C@@H]1COC(C)C. The lowest BCUT2D eigenvalue weighted by Gasteiger charge is -2.60. The largest absolute Gasteiger partial charge is 0.480 e. The minimum Gasteiger partial charge on any atom is -0.480 e. The summed E-state index contributed by atoms with van der Waals surface area (Å²) in [7, 11) is 3.17. The maximum absolute atomic E-state index is 11.3. The summed E-state index contributed by atoms with van der Waals surface area (Å²) in [5, 5.41) is 9.27. The number of fused-ring (bicyclic) bond motifs is 2. The highest BCUT2D eigenvalue weighted by atomic mass is 16.8. The van der Waals surface area contributed by atoms with Gasteiger partial charge in [0, 0.05) is 27.1 Å². The van der Waals surface area contributed by atoms with E-state index in [0.29, 0.717) is 12.8 Å². The van der Waals surface area contributed by atoms with E-state index in [1.165, 1.54) is 0 Å². The van der Waals surface area contributed by atoms with Crippen molar-refractivity contribution in [1.82, 2.24) is 0 Å². The fraction of sp³-hybridized carbons (Fsp3) is 0.731. The molecule has 1 aromatic carbocycles. The number of benzene rings is 1. The van der Waals surface area contributed by atoms with E-state index in [1.54, 1.807) is 14.2 Å². The highest BCUT2D eigenvalue weighted by molar-refractivity contribution is 5.68. The topological polar surface area (TPSA) is 111 Å². The molecule has 0 bridgehead atoms. The van der Waals surface area contributed by atoms with E-state index >= 15 is 0 Å². The first kappa shape index (κ1) is 27.4. The summed E-state index contributed by atoms with van der Waals surface area (Å²) < 4.78 is 49.5. The molecule has 0 amide bonds. The zero-order valence-corrected chi connectivity index (χ0v) is 21.4. The fourth-order valence-electron chi connectivity index (χ4n) is 5.25. The van der Waals surface area contributed by atoms with Crippen LogP contribution in [0, 0.1) is 0 Å². The van der Waals surface area contributed by atoms with E-state index in [0.717, 1.165) is 18.4 Å². The molecule has 0 unspecified atom stereocenters. The Bertz CT molecular complexity index is 850. The molecule has 1 saturated carbocycles. The summed E-state index contributed by atoms with van der Waals surface area (Å²) in [6.07, 6.45) is -0.873. The number of carboxylic acid groups (broad SMARTS) is 1. The standard InChI is InChI=1S/C26H38O10/c1-17(2)31-15-19-21-22(36-26(30-4)13-9-8-12-25(26,29-3)35-21)23(24(34-19)33-16-20(27)28)32-14-18-10-6-5-7-11-18/h5-7,10-11,17,19,21-24H,8-9,12-16H2,1-4H3,(H,27,28)/t19-,21-,22+,23+,24+,25+,26+/m1/s1. The molecule has 10 heteroatoms. The average Bonchev–Trinajstić information content (AvgIpc) is 2.89. The van der Waals surface area contributed by atoms with Gasteiger partial charge in [-0.25, -0.2) is 4.79 Å². The zero-order chi connectivity index (χ0) is 25.8. The Morgan fingerprint density at radius 3 is 2.25 bits per heavy atom. The Morgan fingerprint density at radius 2 is 1.67 bits per heavy atom. The lowest BCUT2D eigenvalue weighted by molar-refractivity contribution is -0.498. The minimum atomic E-state index is -1.16. The van der Waals surface area contributed by atoms with Crippen molar-refractivity contribution in [2.75, 3.05) is 27.4 Å². The molecule has 3 fully saturated rings. The maximum atomic E-state index is 11.3. The van der Waals surface area contributed by atoms with Gasteiger partial charge in [0.1, 0.15) is 31.0 Å². The summed E-state index contributed by atoms with van der Waals surface area (Å²) in [6.45, 7) is 3.74. The highest BCUT2D eigenvalue weighted by Crippen LogP contribution is 2.51. The van der Waals surface area contributed by atoms with Gasteiger partial charge in [-0.3, -0.25) is 0 Å². The van der Waals surface area contributed by atoms with Gasteiger partial charge in [0.05, 0.1) is 19.3 Å². The summed E-state index contributed by atoms with van der Waals surface area (Å²) in [5.41, 5.74) is 0.943. The molecule has 0 spiro atoms. The van der Waals surface area contributed by atoms with Gasteiger partial charge < -0.3 is 43.0 Å². The molecule has 1 N–H and O–H groups in total. The van der Waals surface area contributed by atoms with Gasteiger partial charge >= 0.3 is 5.97 Å². The molecule has 4 rings (SSSR count). The van der Waals surface area contributed by atoms with E-state index in [4.69, 9.17) is 37.9 Å². The van der Waals surface area contributed by atoms with Gasteiger partial charge in [-0.15, -0.1) is 0 Å². The van der Waals surface area contributed by atoms with Crippen molar-refractivity contribution in [2.24, 2.45) is 0 Å². The van der Waals surface area contributed by atoms with Gasteiger partial charge in [-0.1, -0.05) is 30.3 Å². The lowest BCUT2D eigenvalue weighted by Crippen LogP contribution is -2.75. The van der Waals surface area contributed by atoms with Crippen molar-refractivity contribution >= 4 is 5.97 Å². The number of ether oxygens (including phenoxy) is 8. The smallest absolute Gasteiger partial charge is 0.329 e. The molecule has 202 valence electrons. The molecule has 1 aromatic rings. The molecule has 7 atom stereocenters. The Balaban J connectivity index is 1.67. The Morgan fingerprint density at radius 1 is 1.03 bits per heavy atom. The van der Waals surface area contributed by atoms with Crippen molar-refractivity contribution < 1.29 is 47.8 Å². The minimum absolute atomic E-state index is 0.0499. The molecule has 3 aliphatic rings. The van der Waals surface area contributed by atoms with Crippen molar-refractivity contribution in [3.8, 4) is 0 Å². The molecular formula is C26H38O10. The fourth-order valence-corrected chi connectivity index (χ4v) is 5.25. The molecule has 2 heterocycles. The van der Waals surface area contributed by atoms with E-state index in [-0.39, 0.29) is 19.3 Å². The quantitative estimate of drug-likeness (QED) is 0.477. The Kier molecular flexibility index (Phi) is 9.00. The van der Waals surface area contributed by atoms with Gasteiger partial charge in [0.2, 0.25) is 11.6 Å². The van der Waals surface area contributed by atoms with Crippen LogP contribution in [0.3, 0.4) is 0 Å². The first-order chi connectivity index (χ1) is 17.3. The molecule has 0 radical (unpaired) electrons. The molecule has 0 aromatic heterocycles. The van der Waals surface area contributed by atoms with Crippen molar-refractivity contribution in [1.29, 1.82) is 0 Å². The number of hydrogen-bond acceptors (Lipinski definition) is 9. The van der Waals surface area contributed by atoms with E-state index < -0.39 is 54.9 Å². The number of aliphatic carboxylic acids is 1. The Labute approximate surface area is 212 Å². The number of carboxylic acids is 1. The van der Waals surface area contributed by atoms with E-state index in [1.807, 2.05) is 44.2 Å². The van der Waals surface area contributed by atoms with Gasteiger partial charge in [-0.2, -0.15) is 0 Å². The predicted octanol–water partition coefficient (Wildman–Crippen LogP) is 2.87. The number of rotatable bonds is 11. The monoisotopic (exact) mass is 510 g/mol. The van der Waals surface area contributed by atoms with Crippen LogP contribution >= 0.6 is 0 Å². The van der Waals surface area contributed by atoms with Crippen LogP contribution in [0.15, 0.2) is 30.3 Å². The highest BCUT2D eigenvalue weighted by Gasteiger charge is 2.67. The van der Waals surface area contributed by atoms with Crippen LogP contribution in [0.2, 0.25) is 0 Å². The van der Waals surface area contributed by atoms with E-state index in [9.17, 15) is 9.90 Å². The molecule has 2 saturated heterocycles. The molecule has 1 aliphatic carbocycles. The average molecular weight is 511 g/mol. The molecule has 10 nitrogen and oxygen atoms in total. The number of hydrogen-bond donors (Lipinski definition) is 1. The third-order valence-corrected chi connectivity index (χ3v) is 7.00. The van der Waals surface area contributed by atoms with Crippen LogP contribution < -0.4 is 0 Å². The predicted molar refractivity (Wildman–Crippen MR) is 126 cm³/mol. The third kappa shape index (κ3) is 5.61. The normalized spacial score (nSPS) is 36.3. The summed E-state index contributed by atoms with van der Waals surface area (Å²) in [6, 6.07) is 9.66. The van der Waals surface area contributed by atoms with Crippen LogP contribution in [0.1, 0.15) is 45.1 Å². The maximum Gasteiger partial charge on any atom is 0.329 e. The van der Waals surface area contributed by atoms with Crippen molar-refractivity contribution in [3.05, 3.63) is 35.9 Å². The second-order valence-corrected chi connectivity index (χ2v) is 9.68. The van der Waals surface area contributed by atoms with Crippen LogP contribution in [-0.2, 0) is 49.3 Å². The first-order valence-electron chi connectivity index (χ1n) is 12.5. The van der Waals surface area contributed by atoms with Crippen LogP contribution in [0.4, 0.5) is 0 Å². The Hall–Kier alpha value is -1.63. The van der Waals surface area contributed by atoms with Crippen LogP contribution in [-0.4, -0.2) is 86.9 Å². The van der Waals surface area contributed by atoms with E-state index in [2.05, 4.69) is 0 Å². The van der Waals surface area contributed by atoms with Crippen LogP contribution in [0.25, 0.3) is 0 Å². The third-order valence-electron chi connectivity index (χ3n) is 7.00. The summed E-state index contributed by atoms with van der Waals surface area (Å²) >= 11 is 0. The van der Waals surface area contributed by atoms with Crippen molar-refractivity contribution in [3.63, 3.8) is 0 Å². The molecular weight excluding hydrogens is 472 g/mol. The molecule has 36 heavy (non-hydrogen) atoms. The van der Waals surface area contributed by atoms with Crippen LogP contribution in [0.5, 0.6) is 0 Å². The molecule has 2 aliphatic heterocycles. The van der Waals surface area contributed by atoms with Gasteiger partial charge in [-0.05, 0) is 32.3 Å². The second-order valence-electron chi connectivity index (χ2n) is 9.68. The van der Waals surface area contributed by atoms with Gasteiger partial charge in [0.25, 0.3) is 0 Å². The lowest BCUT2D eigenvalue weighted by atomic mass is 9.83. The summed E-state index contributed by atoms with van der Waals surface area (Å²) in [5.74, 6) is -3.40. The summed E-state index contributed by atoms with van der Waals surface area (Å²) in [4.78, 5) is 11.3. The van der Waals surface area contributed by atoms with Crippen molar-refractivity contribution in [2.45, 2.75) is 94.5 Å². The zero-order valence-electron chi connectivity index (χ0n) is 21.4.